The van der Waals surface area contributed by atoms with Gasteiger partial charge in [0.05, 0.1) is 11.3 Å². The van der Waals surface area contributed by atoms with Crippen LogP contribution < -0.4 is 4.90 Å². The van der Waals surface area contributed by atoms with Crippen LogP contribution in [-0.2, 0) is 6.18 Å². The van der Waals surface area contributed by atoms with E-state index in [4.69, 9.17) is 0 Å². The number of rotatable bonds is 3. The van der Waals surface area contributed by atoms with E-state index in [0.29, 0.717) is 11.0 Å². The molecule has 0 aliphatic rings. The van der Waals surface area contributed by atoms with Crippen LogP contribution in [0.2, 0.25) is 0 Å². The molecule has 0 radical (unpaired) electrons. The SMILES string of the molecule is CC(Br)CN(C)c1ccc(C(F)(F)F)cc1Br. The zero-order chi connectivity index (χ0) is 13.2. The Kier molecular flexibility index (Phi) is 4.89. The van der Waals surface area contributed by atoms with Crippen LogP contribution in [0, 0.1) is 0 Å². The van der Waals surface area contributed by atoms with Crippen molar-refractivity contribution in [2.45, 2.75) is 17.9 Å². The quantitative estimate of drug-likeness (QED) is 0.694. The van der Waals surface area contributed by atoms with Crippen LogP contribution in [0.15, 0.2) is 22.7 Å². The summed E-state index contributed by atoms with van der Waals surface area (Å²) in [5.41, 5.74) is 0.0951. The third-order valence-corrected chi connectivity index (χ3v) is 3.14. The van der Waals surface area contributed by atoms with E-state index in [9.17, 15) is 13.2 Å². The van der Waals surface area contributed by atoms with Crippen molar-refractivity contribution in [3.63, 3.8) is 0 Å². The van der Waals surface area contributed by atoms with E-state index < -0.39 is 11.7 Å². The fraction of sp³-hybridized carbons (Fsp3) is 0.455. The van der Waals surface area contributed by atoms with Gasteiger partial charge in [0.15, 0.2) is 0 Å². The number of nitrogens with zero attached hydrogens (tertiary/aromatic N) is 1. The summed E-state index contributed by atoms with van der Waals surface area (Å²) < 4.78 is 37.9. The highest BCUT2D eigenvalue weighted by Gasteiger charge is 2.31. The number of alkyl halides is 4. The molecule has 1 aromatic rings. The highest BCUT2D eigenvalue weighted by atomic mass is 79.9. The second-order valence-electron chi connectivity index (χ2n) is 3.83. The Hall–Kier alpha value is -0.230. The van der Waals surface area contributed by atoms with Crippen molar-refractivity contribution in [1.82, 2.24) is 0 Å². The highest BCUT2D eigenvalue weighted by molar-refractivity contribution is 9.10. The Morgan fingerprint density at radius 3 is 2.35 bits per heavy atom. The number of hydrogen-bond acceptors (Lipinski definition) is 1. The van der Waals surface area contributed by atoms with E-state index in [1.54, 1.807) is 0 Å². The van der Waals surface area contributed by atoms with Gasteiger partial charge < -0.3 is 4.90 Å². The van der Waals surface area contributed by atoms with Crippen LogP contribution >= 0.6 is 31.9 Å². The molecule has 0 heterocycles. The fourth-order valence-corrected chi connectivity index (χ4v) is 2.58. The van der Waals surface area contributed by atoms with E-state index >= 15 is 0 Å². The highest BCUT2D eigenvalue weighted by Crippen LogP contribution is 2.35. The number of benzene rings is 1. The molecule has 0 aliphatic carbocycles. The van der Waals surface area contributed by atoms with Gasteiger partial charge in [-0.3, -0.25) is 0 Å². The van der Waals surface area contributed by atoms with Crippen molar-refractivity contribution in [3.05, 3.63) is 28.2 Å². The van der Waals surface area contributed by atoms with E-state index in [2.05, 4.69) is 31.9 Å². The summed E-state index contributed by atoms with van der Waals surface area (Å²) in [4.78, 5) is 2.16. The molecule has 1 nitrogen and oxygen atoms in total. The van der Waals surface area contributed by atoms with Gasteiger partial charge in [0.2, 0.25) is 0 Å². The van der Waals surface area contributed by atoms with E-state index in [0.717, 1.165) is 17.8 Å². The molecule has 0 saturated carbocycles. The Labute approximate surface area is 115 Å². The number of halogens is 5. The largest absolute Gasteiger partial charge is 0.416 e. The third kappa shape index (κ3) is 4.17. The average Bonchev–Trinajstić information content (AvgIpc) is 2.14. The molecule has 0 aliphatic heterocycles. The molecule has 0 N–H and O–H groups in total. The third-order valence-electron chi connectivity index (χ3n) is 2.21. The molecular weight excluding hydrogens is 363 g/mol. The standard InChI is InChI=1S/C11H12Br2F3N/c1-7(12)6-17(2)10-4-3-8(5-9(10)13)11(14,15)16/h3-5,7H,6H2,1-2H3. The van der Waals surface area contributed by atoms with Gasteiger partial charge in [-0.25, -0.2) is 0 Å². The summed E-state index contributed by atoms with van der Waals surface area (Å²) in [7, 11) is 1.84. The first-order valence-electron chi connectivity index (χ1n) is 4.93. The maximum Gasteiger partial charge on any atom is 0.416 e. The minimum Gasteiger partial charge on any atom is -0.373 e. The molecule has 0 amide bonds. The molecule has 1 rings (SSSR count). The van der Waals surface area contributed by atoms with Crippen LogP contribution in [0.1, 0.15) is 12.5 Å². The summed E-state index contributed by atoms with van der Waals surface area (Å²) >= 11 is 6.58. The molecule has 96 valence electrons. The summed E-state index contributed by atoms with van der Waals surface area (Å²) in [6.45, 7) is 2.69. The predicted molar refractivity (Wildman–Crippen MR) is 70.8 cm³/mol. The van der Waals surface area contributed by atoms with Crippen molar-refractivity contribution >= 4 is 37.5 Å². The summed E-state index contributed by atoms with van der Waals surface area (Å²) in [5, 5.41) is 0. The van der Waals surface area contributed by atoms with Gasteiger partial charge in [-0.1, -0.05) is 22.9 Å². The molecular formula is C11H12Br2F3N. The van der Waals surface area contributed by atoms with Crippen LogP contribution in [0.5, 0.6) is 0 Å². The Morgan fingerprint density at radius 1 is 1.35 bits per heavy atom. The molecule has 0 fully saturated rings. The summed E-state index contributed by atoms with van der Waals surface area (Å²) in [5.74, 6) is 0. The van der Waals surface area contributed by atoms with Crippen LogP contribution in [0.25, 0.3) is 0 Å². The lowest BCUT2D eigenvalue weighted by Gasteiger charge is -2.22. The van der Waals surface area contributed by atoms with E-state index in [-0.39, 0.29) is 4.83 Å². The maximum atomic E-state index is 12.5. The molecule has 0 bridgehead atoms. The van der Waals surface area contributed by atoms with Crippen LogP contribution in [0.4, 0.5) is 18.9 Å². The average molecular weight is 375 g/mol. The fourth-order valence-electron chi connectivity index (χ4n) is 1.47. The van der Waals surface area contributed by atoms with Crippen LogP contribution in [-0.4, -0.2) is 18.4 Å². The summed E-state index contributed by atoms with van der Waals surface area (Å²) in [6, 6.07) is 3.67. The maximum absolute atomic E-state index is 12.5. The summed E-state index contributed by atoms with van der Waals surface area (Å²) in [6.07, 6.45) is -4.30. The van der Waals surface area contributed by atoms with Crippen molar-refractivity contribution in [1.29, 1.82) is 0 Å². The molecule has 0 spiro atoms. The molecule has 1 aromatic carbocycles. The van der Waals surface area contributed by atoms with Crippen molar-refractivity contribution < 1.29 is 13.2 Å². The van der Waals surface area contributed by atoms with Gasteiger partial charge in [-0.2, -0.15) is 13.2 Å². The molecule has 6 heteroatoms. The lowest BCUT2D eigenvalue weighted by molar-refractivity contribution is -0.137. The van der Waals surface area contributed by atoms with Crippen molar-refractivity contribution in [2.75, 3.05) is 18.5 Å². The van der Waals surface area contributed by atoms with Gasteiger partial charge in [0, 0.05) is 22.9 Å². The number of hydrogen-bond donors (Lipinski definition) is 0. The molecule has 0 saturated heterocycles. The second kappa shape index (κ2) is 5.61. The van der Waals surface area contributed by atoms with Gasteiger partial charge in [-0.05, 0) is 34.1 Å². The van der Waals surface area contributed by atoms with Crippen molar-refractivity contribution in [3.8, 4) is 0 Å². The minimum absolute atomic E-state index is 0.265. The number of anilines is 1. The first-order valence-corrected chi connectivity index (χ1v) is 6.64. The lowest BCUT2D eigenvalue weighted by atomic mass is 10.2. The van der Waals surface area contributed by atoms with Gasteiger partial charge >= 0.3 is 6.18 Å². The first-order chi connectivity index (χ1) is 7.71. The van der Waals surface area contributed by atoms with Crippen molar-refractivity contribution in [2.24, 2.45) is 0 Å². The second-order valence-corrected chi connectivity index (χ2v) is 6.24. The zero-order valence-corrected chi connectivity index (χ0v) is 12.5. The van der Waals surface area contributed by atoms with Gasteiger partial charge in [-0.15, -0.1) is 0 Å². The monoisotopic (exact) mass is 373 g/mol. The smallest absolute Gasteiger partial charge is 0.373 e. The van der Waals surface area contributed by atoms with E-state index in [1.165, 1.54) is 6.07 Å². The Morgan fingerprint density at radius 2 is 1.94 bits per heavy atom. The molecule has 1 atom stereocenters. The van der Waals surface area contributed by atoms with Gasteiger partial charge in [0.1, 0.15) is 0 Å². The topological polar surface area (TPSA) is 3.24 Å². The minimum atomic E-state index is -4.30. The zero-order valence-electron chi connectivity index (χ0n) is 9.35. The molecule has 1 unspecified atom stereocenters. The Bertz CT molecular complexity index is 391. The first kappa shape index (κ1) is 14.8. The normalized spacial score (nSPS) is 13.6. The van der Waals surface area contributed by atoms with Crippen LogP contribution in [0.3, 0.4) is 0 Å². The van der Waals surface area contributed by atoms with Gasteiger partial charge in [0.25, 0.3) is 0 Å². The Balaban J connectivity index is 2.98. The predicted octanol–water partition coefficient (Wildman–Crippen LogP) is 4.69. The lowest BCUT2D eigenvalue weighted by Crippen LogP contribution is -2.24. The molecule has 17 heavy (non-hydrogen) atoms. The van der Waals surface area contributed by atoms with E-state index in [1.807, 2.05) is 18.9 Å². The molecule has 0 aromatic heterocycles.